The van der Waals surface area contributed by atoms with Crippen molar-refractivity contribution in [2.75, 3.05) is 0 Å². The van der Waals surface area contributed by atoms with Crippen molar-refractivity contribution in [1.82, 2.24) is 0 Å². The van der Waals surface area contributed by atoms with E-state index in [0.717, 1.165) is 30.0 Å². The molecule has 1 aliphatic rings. The molecule has 4 heteroatoms. The van der Waals surface area contributed by atoms with E-state index in [1.54, 1.807) is 12.1 Å². The molecule has 0 heterocycles. The molecular formula is C17H18O4. The lowest BCUT2D eigenvalue weighted by Crippen LogP contribution is -2.35. The van der Waals surface area contributed by atoms with E-state index in [2.05, 4.69) is 0 Å². The molecule has 21 heavy (non-hydrogen) atoms. The molecule has 4 nitrogen and oxygen atoms in total. The molecule has 0 aromatic heterocycles. The molecule has 0 radical (unpaired) electrons. The summed E-state index contributed by atoms with van der Waals surface area (Å²) < 4.78 is 5.94. The Bertz CT molecular complexity index is 665. The SMILES string of the molecule is O=C(O)c1ccc2ccccc2c1OC1CCCCC1O. The Morgan fingerprint density at radius 3 is 2.62 bits per heavy atom. The lowest BCUT2D eigenvalue weighted by molar-refractivity contribution is 0.00688. The van der Waals surface area contributed by atoms with E-state index in [1.807, 2.05) is 24.3 Å². The highest BCUT2D eigenvalue weighted by molar-refractivity contribution is 6.00. The predicted molar refractivity (Wildman–Crippen MR) is 79.8 cm³/mol. The average Bonchev–Trinajstić information content (AvgIpc) is 2.49. The topological polar surface area (TPSA) is 66.8 Å². The van der Waals surface area contributed by atoms with Crippen molar-refractivity contribution >= 4 is 16.7 Å². The van der Waals surface area contributed by atoms with E-state index in [0.29, 0.717) is 12.2 Å². The van der Waals surface area contributed by atoms with Gasteiger partial charge in [-0.15, -0.1) is 0 Å². The average molecular weight is 286 g/mol. The Labute approximate surface area is 123 Å². The van der Waals surface area contributed by atoms with Gasteiger partial charge in [0, 0.05) is 5.39 Å². The third-order valence-electron chi connectivity index (χ3n) is 4.05. The number of benzene rings is 2. The van der Waals surface area contributed by atoms with E-state index in [9.17, 15) is 15.0 Å². The van der Waals surface area contributed by atoms with Crippen LogP contribution in [0.4, 0.5) is 0 Å². The van der Waals surface area contributed by atoms with Gasteiger partial charge in [-0.2, -0.15) is 0 Å². The highest BCUT2D eigenvalue weighted by Crippen LogP contribution is 2.33. The van der Waals surface area contributed by atoms with Crippen LogP contribution in [-0.4, -0.2) is 28.4 Å². The second-order valence-corrected chi connectivity index (χ2v) is 5.48. The maximum absolute atomic E-state index is 11.4. The van der Waals surface area contributed by atoms with Crippen LogP contribution in [0.5, 0.6) is 5.75 Å². The quantitative estimate of drug-likeness (QED) is 0.909. The summed E-state index contributed by atoms with van der Waals surface area (Å²) in [5.41, 5.74) is 0.145. The number of fused-ring (bicyclic) bond motifs is 1. The standard InChI is InChI=1S/C17H18O4/c18-14-7-3-4-8-15(14)21-16-12-6-2-1-5-11(12)9-10-13(16)17(19)20/h1-2,5-6,9-10,14-15,18H,3-4,7-8H2,(H,19,20). The summed E-state index contributed by atoms with van der Waals surface area (Å²) in [4.78, 5) is 11.4. The zero-order valence-corrected chi connectivity index (χ0v) is 11.7. The monoisotopic (exact) mass is 286 g/mol. The second kappa shape index (κ2) is 5.74. The van der Waals surface area contributed by atoms with Crippen molar-refractivity contribution < 1.29 is 19.7 Å². The van der Waals surface area contributed by atoms with Gasteiger partial charge in [0.15, 0.2) is 0 Å². The van der Waals surface area contributed by atoms with Gasteiger partial charge in [-0.1, -0.05) is 36.8 Å². The van der Waals surface area contributed by atoms with Crippen LogP contribution in [0.2, 0.25) is 0 Å². The van der Waals surface area contributed by atoms with Gasteiger partial charge in [0.25, 0.3) is 0 Å². The Hall–Kier alpha value is -2.07. The maximum atomic E-state index is 11.4. The highest BCUT2D eigenvalue weighted by atomic mass is 16.5. The van der Waals surface area contributed by atoms with Gasteiger partial charge in [-0.05, 0) is 30.7 Å². The Balaban J connectivity index is 2.05. The number of hydrogen-bond donors (Lipinski definition) is 2. The summed E-state index contributed by atoms with van der Waals surface area (Å²) in [5.74, 6) is -0.646. The number of hydrogen-bond acceptors (Lipinski definition) is 3. The second-order valence-electron chi connectivity index (χ2n) is 5.48. The fourth-order valence-electron chi connectivity index (χ4n) is 2.90. The first-order valence-electron chi connectivity index (χ1n) is 7.26. The number of aromatic carboxylic acids is 1. The summed E-state index contributed by atoms with van der Waals surface area (Å²) in [7, 11) is 0. The van der Waals surface area contributed by atoms with Crippen molar-refractivity contribution in [1.29, 1.82) is 0 Å². The minimum Gasteiger partial charge on any atom is -0.486 e. The van der Waals surface area contributed by atoms with Crippen LogP contribution in [0, 0.1) is 0 Å². The number of aliphatic hydroxyl groups excluding tert-OH is 1. The third kappa shape index (κ3) is 2.72. The van der Waals surface area contributed by atoms with Crippen molar-refractivity contribution in [3.05, 3.63) is 42.0 Å². The molecule has 1 fully saturated rings. The summed E-state index contributed by atoms with van der Waals surface area (Å²) in [5, 5.41) is 21.1. The predicted octanol–water partition coefficient (Wildman–Crippen LogP) is 3.22. The fraction of sp³-hybridized carbons (Fsp3) is 0.353. The van der Waals surface area contributed by atoms with E-state index < -0.39 is 12.1 Å². The largest absolute Gasteiger partial charge is 0.486 e. The van der Waals surface area contributed by atoms with Crippen molar-refractivity contribution in [2.24, 2.45) is 0 Å². The van der Waals surface area contributed by atoms with Gasteiger partial charge < -0.3 is 14.9 Å². The molecule has 2 atom stereocenters. The molecular weight excluding hydrogens is 268 g/mol. The van der Waals surface area contributed by atoms with Crippen molar-refractivity contribution in [2.45, 2.75) is 37.9 Å². The first-order chi connectivity index (χ1) is 10.2. The number of rotatable bonds is 3. The van der Waals surface area contributed by atoms with E-state index in [4.69, 9.17) is 4.74 Å². The molecule has 0 saturated heterocycles. The minimum atomic E-state index is -1.01. The summed E-state index contributed by atoms with van der Waals surface area (Å²) in [6.07, 6.45) is 2.58. The molecule has 2 aromatic rings. The molecule has 0 bridgehead atoms. The van der Waals surface area contributed by atoms with Crippen LogP contribution in [-0.2, 0) is 0 Å². The van der Waals surface area contributed by atoms with Gasteiger partial charge >= 0.3 is 5.97 Å². The Kier molecular flexibility index (Phi) is 3.80. The molecule has 110 valence electrons. The van der Waals surface area contributed by atoms with Gasteiger partial charge in [0.2, 0.25) is 0 Å². The lowest BCUT2D eigenvalue weighted by atomic mass is 9.94. The molecule has 0 aliphatic heterocycles. The zero-order chi connectivity index (χ0) is 14.8. The molecule has 2 N–H and O–H groups in total. The first-order valence-corrected chi connectivity index (χ1v) is 7.26. The van der Waals surface area contributed by atoms with Crippen LogP contribution < -0.4 is 4.74 Å². The number of carboxylic acids is 1. The van der Waals surface area contributed by atoms with E-state index in [1.165, 1.54) is 0 Å². The molecule has 1 saturated carbocycles. The normalized spacial score (nSPS) is 22.1. The van der Waals surface area contributed by atoms with E-state index >= 15 is 0 Å². The smallest absolute Gasteiger partial charge is 0.339 e. The molecule has 0 spiro atoms. The number of ether oxygens (including phenoxy) is 1. The fourth-order valence-corrected chi connectivity index (χ4v) is 2.90. The van der Waals surface area contributed by atoms with Gasteiger partial charge in [-0.25, -0.2) is 4.79 Å². The number of carboxylic acid groups (broad SMARTS) is 1. The minimum absolute atomic E-state index is 0.145. The number of aliphatic hydroxyl groups is 1. The van der Waals surface area contributed by atoms with Crippen molar-refractivity contribution in [3.63, 3.8) is 0 Å². The zero-order valence-electron chi connectivity index (χ0n) is 11.7. The highest BCUT2D eigenvalue weighted by Gasteiger charge is 2.27. The van der Waals surface area contributed by atoms with E-state index in [-0.39, 0.29) is 11.7 Å². The van der Waals surface area contributed by atoms with Gasteiger partial charge in [-0.3, -0.25) is 0 Å². The van der Waals surface area contributed by atoms with Crippen LogP contribution in [0.15, 0.2) is 36.4 Å². The Morgan fingerprint density at radius 2 is 1.86 bits per heavy atom. The molecule has 2 aromatic carbocycles. The van der Waals surface area contributed by atoms with Gasteiger partial charge in [0.1, 0.15) is 17.4 Å². The van der Waals surface area contributed by atoms with Crippen molar-refractivity contribution in [3.8, 4) is 5.75 Å². The lowest BCUT2D eigenvalue weighted by Gasteiger charge is -2.29. The summed E-state index contributed by atoms with van der Waals surface area (Å²) in [6.45, 7) is 0. The molecule has 1 aliphatic carbocycles. The number of carbonyl (C=O) groups is 1. The van der Waals surface area contributed by atoms with Crippen LogP contribution in [0.3, 0.4) is 0 Å². The summed E-state index contributed by atoms with van der Waals surface area (Å²) in [6, 6.07) is 10.9. The molecule has 2 unspecified atom stereocenters. The van der Waals surface area contributed by atoms with Gasteiger partial charge in [0.05, 0.1) is 6.10 Å². The first kappa shape index (κ1) is 13.9. The Morgan fingerprint density at radius 1 is 1.10 bits per heavy atom. The van der Waals surface area contributed by atoms with Crippen LogP contribution >= 0.6 is 0 Å². The maximum Gasteiger partial charge on any atom is 0.339 e. The summed E-state index contributed by atoms with van der Waals surface area (Å²) >= 11 is 0. The molecule has 0 amide bonds. The van der Waals surface area contributed by atoms with Crippen LogP contribution in [0.1, 0.15) is 36.0 Å². The van der Waals surface area contributed by atoms with Crippen LogP contribution in [0.25, 0.3) is 10.8 Å². The molecule has 3 rings (SSSR count). The third-order valence-corrected chi connectivity index (χ3v) is 4.05.